The summed E-state index contributed by atoms with van der Waals surface area (Å²) < 4.78 is 0. The largest absolute Gasteiger partial charge is 0.305 e. The van der Waals surface area contributed by atoms with Gasteiger partial charge >= 0.3 is 0 Å². The van der Waals surface area contributed by atoms with Gasteiger partial charge in [0.05, 0.1) is 0 Å². The van der Waals surface area contributed by atoms with E-state index in [0.29, 0.717) is 0 Å². The molecule has 0 bridgehead atoms. The van der Waals surface area contributed by atoms with Gasteiger partial charge in [-0.25, -0.2) is 0 Å². The molecule has 10 heavy (non-hydrogen) atoms. The normalized spacial score (nSPS) is 22.2. The molecule has 1 nitrogen and oxygen atoms in total. The van der Waals surface area contributed by atoms with Crippen LogP contribution in [0, 0.1) is 5.41 Å². The maximum absolute atomic E-state index is 7.40. The minimum absolute atomic E-state index is 0.755. The van der Waals surface area contributed by atoms with E-state index in [0.717, 1.165) is 18.6 Å². The summed E-state index contributed by atoms with van der Waals surface area (Å²) in [7, 11) is 0. The number of rotatable bonds is 0. The van der Waals surface area contributed by atoms with E-state index in [1.165, 1.54) is 11.1 Å². The van der Waals surface area contributed by atoms with Crippen molar-refractivity contribution >= 4 is 5.71 Å². The number of nitrogens with one attached hydrogen (secondary N) is 1. The van der Waals surface area contributed by atoms with Gasteiger partial charge in [-0.15, -0.1) is 0 Å². The van der Waals surface area contributed by atoms with Crippen LogP contribution in [0.2, 0.25) is 0 Å². The molecule has 0 spiro atoms. The smallest absolute Gasteiger partial charge is 0.0360 e. The molecule has 0 unspecified atom stereocenters. The summed E-state index contributed by atoms with van der Waals surface area (Å²) in [5.41, 5.74) is 3.44. The fraction of sp³-hybridized carbons (Fsp3) is 0.222. The summed E-state index contributed by atoms with van der Waals surface area (Å²) in [4.78, 5) is 0. The SMILES string of the molecule is N=C1C=C2CC=CC=C2C1. The highest BCUT2D eigenvalue weighted by molar-refractivity contribution is 5.99. The lowest BCUT2D eigenvalue weighted by molar-refractivity contribution is 1.18. The second-order valence-corrected chi connectivity index (χ2v) is 2.70. The van der Waals surface area contributed by atoms with Crippen LogP contribution < -0.4 is 0 Å². The molecule has 0 fully saturated rings. The van der Waals surface area contributed by atoms with Gasteiger partial charge in [-0.3, -0.25) is 0 Å². The van der Waals surface area contributed by atoms with Crippen LogP contribution in [-0.2, 0) is 0 Å². The predicted octanol–water partition coefficient (Wildman–Crippen LogP) is 2.22. The molecule has 2 rings (SSSR count). The van der Waals surface area contributed by atoms with Crippen molar-refractivity contribution in [1.82, 2.24) is 0 Å². The molecular formula is C9H9N. The van der Waals surface area contributed by atoms with E-state index in [1.807, 2.05) is 6.08 Å². The third-order valence-electron chi connectivity index (χ3n) is 1.91. The summed E-state index contributed by atoms with van der Waals surface area (Å²) in [6, 6.07) is 0. The van der Waals surface area contributed by atoms with Crippen LogP contribution in [0.4, 0.5) is 0 Å². The standard InChI is InChI=1S/C9H9N/c10-9-5-7-3-1-2-4-8(7)6-9/h1-3,6,10H,4-5H2. The molecular weight excluding hydrogens is 122 g/mol. The van der Waals surface area contributed by atoms with E-state index in [-0.39, 0.29) is 0 Å². The second-order valence-electron chi connectivity index (χ2n) is 2.70. The predicted molar refractivity (Wildman–Crippen MR) is 42.3 cm³/mol. The van der Waals surface area contributed by atoms with Crippen molar-refractivity contribution in [3.05, 3.63) is 35.5 Å². The van der Waals surface area contributed by atoms with Gasteiger partial charge in [0, 0.05) is 12.1 Å². The van der Waals surface area contributed by atoms with Crippen molar-refractivity contribution in [3.63, 3.8) is 0 Å². The van der Waals surface area contributed by atoms with Crippen LogP contribution in [0.1, 0.15) is 12.8 Å². The molecule has 0 saturated heterocycles. The Hall–Kier alpha value is -1.11. The summed E-state index contributed by atoms with van der Waals surface area (Å²) >= 11 is 0. The molecule has 0 aromatic heterocycles. The highest BCUT2D eigenvalue weighted by Gasteiger charge is 2.14. The van der Waals surface area contributed by atoms with Crippen LogP contribution in [-0.4, -0.2) is 5.71 Å². The van der Waals surface area contributed by atoms with Crippen LogP contribution in [0.15, 0.2) is 35.5 Å². The molecule has 0 atom stereocenters. The molecule has 2 aliphatic carbocycles. The summed E-state index contributed by atoms with van der Waals surface area (Å²) in [5, 5.41) is 7.40. The highest BCUT2D eigenvalue weighted by atomic mass is 14.4. The van der Waals surface area contributed by atoms with Crippen molar-refractivity contribution in [2.45, 2.75) is 12.8 Å². The van der Waals surface area contributed by atoms with Gasteiger partial charge in [0.15, 0.2) is 0 Å². The quantitative estimate of drug-likeness (QED) is 0.521. The summed E-state index contributed by atoms with van der Waals surface area (Å²) in [6.07, 6.45) is 10.2. The molecule has 1 heteroatoms. The average Bonchev–Trinajstić information content (AvgIpc) is 2.27. The maximum Gasteiger partial charge on any atom is 0.0360 e. The molecule has 0 aromatic rings. The highest BCUT2D eigenvalue weighted by Crippen LogP contribution is 2.28. The van der Waals surface area contributed by atoms with Crippen molar-refractivity contribution in [1.29, 1.82) is 5.41 Å². The molecule has 0 saturated carbocycles. The minimum Gasteiger partial charge on any atom is -0.305 e. The van der Waals surface area contributed by atoms with E-state index in [1.54, 1.807) is 0 Å². The fourth-order valence-corrected chi connectivity index (χ4v) is 1.41. The molecule has 0 radical (unpaired) electrons. The van der Waals surface area contributed by atoms with Crippen LogP contribution in [0.5, 0.6) is 0 Å². The molecule has 1 N–H and O–H groups in total. The molecule has 2 aliphatic rings. The topological polar surface area (TPSA) is 23.9 Å². The Morgan fingerprint density at radius 2 is 2.20 bits per heavy atom. The van der Waals surface area contributed by atoms with Crippen molar-refractivity contribution in [2.24, 2.45) is 0 Å². The van der Waals surface area contributed by atoms with Gasteiger partial charge in [0.25, 0.3) is 0 Å². The van der Waals surface area contributed by atoms with Gasteiger partial charge in [0.1, 0.15) is 0 Å². The van der Waals surface area contributed by atoms with Gasteiger partial charge < -0.3 is 5.41 Å². The third-order valence-corrected chi connectivity index (χ3v) is 1.91. The summed E-state index contributed by atoms with van der Waals surface area (Å²) in [6.45, 7) is 0. The molecule has 50 valence electrons. The Balaban J connectivity index is 2.41. The average molecular weight is 131 g/mol. The molecule has 0 aliphatic heterocycles. The Morgan fingerprint density at radius 3 is 3.00 bits per heavy atom. The van der Waals surface area contributed by atoms with Gasteiger partial charge in [-0.2, -0.15) is 0 Å². The van der Waals surface area contributed by atoms with Crippen LogP contribution in [0.25, 0.3) is 0 Å². The van der Waals surface area contributed by atoms with E-state index in [9.17, 15) is 0 Å². The van der Waals surface area contributed by atoms with Crippen molar-refractivity contribution in [2.75, 3.05) is 0 Å². The Labute approximate surface area is 60.3 Å². The molecule has 0 heterocycles. The fourth-order valence-electron chi connectivity index (χ4n) is 1.41. The number of allylic oxidation sites excluding steroid dienone is 6. The lowest BCUT2D eigenvalue weighted by Gasteiger charge is -2.03. The zero-order chi connectivity index (χ0) is 6.97. The zero-order valence-corrected chi connectivity index (χ0v) is 5.72. The minimum atomic E-state index is 0.755. The van der Waals surface area contributed by atoms with Crippen LogP contribution in [0.3, 0.4) is 0 Å². The first-order chi connectivity index (χ1) is 4.86. The third kappa shape index (κ3) is 0.747. The number of fused-ring (bicyclic) bond motifs is 1. The number of hydrogen-bond acceptors (Lipinski definition) is 1. The van der Waals surface area contributed by atoms with Crippen molar-refractivity contribution in [3.8, 4) is 0 Å². The first kappa shape index (κ1) is 5.66. The second kappa shape index (κ2) is 1.94. The maximum atomic E-state index is 7.40. The number of hydrogen-bond donors (Lipinski definition) is 1. The van der Waals surface area contributed by atoms with Crippen LogP contribution >= 0.6 is 0 Å². The first-order valence-electron chi connectivity index (χ1n) is 3.50. The van der Waals surface area contributed by atoms with Gasteiger partial charge in [-0.1, -0.05) is 18.2 Å². The molecule has 0 amide bonds. The van der Waals surface area contributed by atoms with E-state index < -0.39 is 0 Å². The Kier molecular flexibility index (Phi) is 1.10. The van der Waals surface area contributed by atoms with Gasteiger partial charge in [0.2, 0.25) is 0 Å². The Bertz CT molecular complexity index is 266. The zero-order valence-electron chi connectivity index (χ0n) is 5.72. The first-order valence-corrected chi connectivity index (χ1v) is 3.50. The monoisotopic (exact) mass is 131 g/mol. The van der Waals surface area contributed by atoms with E-state index in [4.69, 9.17) is 5.41 Å². The van der Waals surface area contributed by atoms with E-state index in [2.05, 4.69) is 18.2 Å². The molecule has 0 aromatic carbocycles. The van der Waals surface area contributed by atoms with Crippen molar-refractivity contribution < 1.29 is 0 Å². The lowest BCUT2D eigenvalue weighted by Crippen LogP contribution is -1.86. The lowest BCUT2D eigenvalue weighted by atomic mass is 10.0. The van der Waals surface area contributed by atoms with Gasteiger partial charge in [-0.05, 0) is 23.6 Å². The Morgan fingerprint density at radius 1 is 1.30 bits per heavy atom. The summed E-state index contributed by atoms with van der Waals surface area (Å²) in [5.74, 6) is 0. The van der Waals surface area contributed by atoms with E-state index >= 15 is 0 Å².